The summed E-state index contributed by atoms with van der Waals surface area (Å²) in [6.07, 6.45) is 5.01. The third-order valence-corrected chi connectivity index (χ3v) is 3.18. The topological polar surface area (TPSA) is 21.3 Å². The van der Waals surface area contributed by atoms with Crippen molar-refractivity contribution in [3.05, 3.63) is 29.3 Å². The van der Waals surface area contributed by atoms with Crippen LogP contribution in [0.15, 0.2) is 24.3 Å². The van der Waals surface area contributed by atoms with E-state index >= 15 is 0 Å². The quantitative estimate of drug-likeness (QED) is 0.871. The molecule has 16 heavy (non-hydrogen) atoms. The van der Waals surface area contributed by atoms with E-state index in [1.165, 1.54) is 19.3 Å². The van der Waals surface area contributed by atoms with Gasteiger partial charge in [0.2, 0.25) is 0 Å². The van der Waals surface area contributed by atoms with Crippen molar-refractivity contribution in [3.63, 3.8) is 0 Å². The molecule has 0 bridgehead atoms. The van der Waals surface area contributed by atoms with Gasteiger partial charge in [-0.25, -0.2) is 0 Å². The highest BCUT2D eigenvalue weighted by Gasteiger charge is 2.11. The maximum atomic E-state index is 5.88. The predicted octanol–water partition coefficient (Wildman–Crippen LogP) is 3.25. The van der Waals surface area contributed by atoms with Gasteiger partial charge >= 0.3 is 0 Å². The molecule has 1 aromatic carbocycles. The van der Waals surface area contributed by atoms with Crippen LogP contribution in [-0.2, 0) is 0 Å². The number of benzene rings is 1. The van der Waals surface area contributed by atoms with Crippen molar-refractivity contribution in [2.24, 2.45) is 0 Å². The summed E-state index contributed by atoms with van der Waals surface area (Å²) < 4.78 is 5.67. The zero-order valence-electron chi connectivity index (χ0n) is 9.42. The average molecular weight is 240 g/mol. The van der Waals surface area contributed by atoms with Crippen LogP contribution in [0.25, 0.3) is 0 Å². The molecule has 1 atom stereocenters. The van der Waals surface area contributed by atoms with Gasteiger partial charge in [0, 0.05) is 11.1 Å². The lowest BCUT2D eigenvalue weighted by Crippen LogP contribution is -2.35. The second-order valence-corrected chi connectivity index (χ2v) is 4.68. The normalized spacial score (nSPS) is 20.7. The molecular weight excluding hydrogens is 222 g/mol. The Labute approximate surface area is 102 Å². The lowest BCUT2D eigenvalue weighted by Gasteiger charge is -2.23. The Morgan fingerprint density at radius 2 is 2.31 bits per heavy atom. The monoisotopic (exact) mass is 239 g/mol. The summed E-state index contributed by atoms with van der Waals surface area (Å²) in [4.78, 5) is 0. The van der Waals surface area contributed by atoms with Crippen molar-refractivity contribution < 1.29 is 4.74 Å². The molecule has 1 aliphatic rings. The van der Waals surface area contributed by atoms with E-state index in [2.05, 4.69) is 5.32 Å². The molecule has 2 nitrogen and oxygen atoms in total. The molecule has 0 spiro atoms. The number of halogens is 1. The van der Waals surface area contributed by atoms with Crippen molar-refractivity contribution in [1.29, 1.82) is 0 Å². The van der Waals surface area contributed by atoms with E-state index in [4.69, 9.17) is 16.3 Å². The van der Waals surface area contributed by atoms with E-state index in [1.807, 2.05) is 24.3 Å². The van der Waals surface area contributed by atoms with Gasteiger partial charge in [0.05, 0.1) is 6.61 Å². The second-order valence-electron chi connectivity index (χ2n) is 4.24. The van der Waals surface area contributed by atoms with Gasteiger partial charge in [-0.3, -0.25) is 0 Å². The highest BCUT2D eigenvalue weighted by molar-refractivity contribution is 6.30. The first-order valence-corrected chi connectivity index (χ1v) is 6.34. The molecule has 0 amide bonds. The molecule has 0 radical (unpaired) electrons. The summed E-state index contributed by atoms with van der Waals surface area (Å²) >= 11 is 5.88. The number of hydrogen-bond acceptors (Lipinski definition) is 2. The number of rotatable bonds is 4. The molecule has 1 aromatic rings. The van der Waals surface area contributed by atoms with Gasteiger partial charge in [0.25, 0.3) is 0 Å². The van der Waals surface area contributed by atoms with Crippen LogP contribution in [0, 0.1) is 0 Å². The maximum Gasteiger partial charge on any atom is 0.120 e. The summed E-state index contributed by atoms with van der Waals surface area (Å²) in [5.74, 6) is 0.864. The Morgan fingerprint density at radius 1 is 1.38 bits per heavy atom. The summed E-state index contributed by atoms with van der Waals surface area (Å²) in [7, 11) is 0. The highest BCUT2D eigenvalue weighted by atomic mass is 35.5. The minimum atomic E-state index is 0.632. The molecule has 1 unspecified atom stereocenters. The Balaban J connectivity index is 1.71. The summed E-state index contributed by atoms with van der Waals surface area (Å²) in [5.41, 5.74) is 0. The number of hydrogen-bond donors (Lipinski definition) is 1. The molecule has 0 aliphatic carbocycles. The van der Waals surface area contributed by atoms with Gasteiger partial charge in [-0.05, 0) is 44.0 Å². The van der Waals surface area contributed by atoms with Gasteiger partial charge in [-0.15, -0.1) is 0 Å². The van der Waals surface area contributed by atoms with Crippen LogP contribution >= 0.6 is 11.6 Å². The Bertz CT molecular complexity index is 323. The Kier molecular flexibility index (Phi) is 4.49. The largest absolute Gasteiger partial charge is 0.493 e. The number of ether oxygens (including phenoxy) is 1. The summed E-state index contributed by atoms with van der Waals surface area (Å²) in [5, 5.41) is 4.24. The second kappa shape index (κ2) is 6.12. The fourth-order valence-electron chi connectivity index (χ4n) is 2.05. The molecule has 3 heteroatoms. The molecule has 1 saturated heterocycles. The summed E-state index contributed by atoms with van der Waals surface area (Å²) in [6.45, 7) is 1.92. The first kappa shape index (κ1) is 11.7. The molecule has 0 saturated carbocycles. The van der Waals surface area contributed by atoms with Gasteiger partial charge in [0.1, 0.15) is 5.75 Å². The zero-order chi connectivity index (χ0) is 11.2. The lowest BCUT2D eigenvalue weighted by atomic mass is 10.0. The molecule has 1 aliphatic heterocycles. The average Bonchev–Trinajstić information content (AvgIpc) is 2.30. The Morgan fingerprint density at radius 3 is 3.06 bits per heavy atom. The minimum Gasteiger partial charge on any atom is -0.493 e. The van der Waals surface area contributed by atoms with Crippen molar-refractivity contribution >= 4 is 11.6 Å². The molecule has 1 N–H and O–H groups in total. The van der Waals surface area contributed by atoms with E-state index in [1.54, 1.807) is 0 Å². The van der Waals surface area contributed by atoms with Gasteiger partial charge < -0.3 is 10.1 Å². The third-order valence-electron chi connectivity index (χ3n) is 2.94. The standard InChI is InChI=1S/C13H18ClNO/c14-11-4-3-6-13(10-11)16-9-7-12-5-1-2-8-15-12/h3-4,6,10,12,15H,1-2,5,7-9H2. The predicted molar refractivity (Wildman–Crippen MR) is 67.2 cm³/mol. The Hall–Kier alpha value is -0.730. The summed E-state index contributed by atoms with van der Waals surface area (Å²) in [6, 6.07) is 8.21. The number of piperidine rings is 1. The van der Waals surface area contributed by atoms with Crippen LogP contribution in [0.4, 0.5) is 0 Å². The van der Waals surface area contributed by atoms with E-state index in [0.29, 0.717) is 6.04 Å². The van der Waals surface area contributed by atoms with Gasteiger partial charge in [-0.2, -0.15) is 0 Å². The third kappa shape index (κ3) is 3.69. The van der Waals surface area contributed by atoms with Crippen LogP contribution in [0.2, 0.25) is 5.02 Å². The van der Waals surface area contributed by atoms with E-state index in [0.717, 1.165) is 30.3 Å². The fraction of sp³-hybridized carbons (Fsp3) is 0.538. The minimum absolute atomic E-state index is 0.632. The number of nitrogens with one attached hydrogen (secondary N) is 1. The van der Waals surface area contributed by atoms with Crippen LogP contribution in [0.5, 0.6) is 5.75 Å². The van der Waals surface area contributed by atoms with Crippen molar-refractivity contribution in [2.75, 3.05) is 13.2 Å². The van der Waals surface area contributed by atoms with Gasteiger partial charge in [0.15, 0.2) is 0 Å². The molecule has 0 aromatic heterocycles. The fourth-order valence-corrected chi connectivity index (χ4v) is 2.23. The molecular formula is C13H18ClNO. The molecule has 88 valence electrons. The van der Waals surface area contributed by atoms with Crippen molar-refractivity contribution in [1.82, 2.24) is 5.32 Å². The highest BCUT2D eigenvalue weighted by Crippen LogP contribution is 2.18. The SMILES string of the molecule is Clc1cccc(OCCC2CCCCN2)c1. The lowest BCUT2D eigenvalue weighted by molar-refractivity contribution is 0.268. The van der Waals surface area contributed by atoms with Crippen LogP contribution < -0.4 is 10.1 Å². The first-order chi connectivity index (χ1) is 7.84. The van der Waals surface area contributed by atoms with E-state index < -0.39 is 0 Å². The molecule has 2 rings (SSSR count). The van der Waals surface area contributed by atoms with E-state index in [9.17, 15) is 0 Å². The van der Waals surface area contributed by atoms with Crippen molar-refractivity contribution in [2.45, 2.75) is 31.7 Å². The first-order valence-electron chi connectivity index (χ1n) is 5.96. The maximum absolute atomic E-state index is 5.88. The molecule has 1 fully saturated rings. The van der Waals surface area contributed by atoms with Crippen molar-refractivity contribution in [3.8, 4) is 5.75 Å². The van der Waals surface area contributed by atoms with Crippen LogP contribution in [0.3, 0.4) is 0 Å². The van der Waals surface area contributed by atoms with Crippen LogP contribution in [0.1, 0.15) is 25.7 Å². The smallest absolute Gasteiger partial charge is 0.120 e. The van der Waals surface area contributed by atoms with E-state index in [-0.39, 0.29) is 0 Å². The zero-order valence-corrected chi connectivity index (χ0v) is 10.2. The molecule has 1 heterocycles. The van der Waals surface area contributed by atoms with Crippen LogP contribution in [-0.4, -0.2) is 19.2 Å². The van der Waals surface area contributed by atoms with Gasteiger partial charge in [-0.1, -0.05) is 24.1 Å².